The van der Waals surface area contributed by atoms with Crippen molar-refractivity contribution >= 4 is 38.6 Å². The molecule has 1 heterocycles. The van der Waals surface area contributed by atoms with Crippen LogP contribution in [-0.2, 0) is 12.3 Å². The quantitative estimate of drug-likeness (QED) is 0.464. The van der Waals surface area contributed by atoms with Crippen molar-refractivity contribution in [2.75, 3.05) is 7.11 Å². The molecule has 0 aliphatic heterocycles. The Morgan fingerprint density at radius 2 is 2.04 bits per heavy atom. The van der Waals surface area contributed by atoms with E-state index in [9.17, 15) is 4.79 Å². The molecule has 2 aromatic carbocycles. The minimum Gasteiger partial charge on any atom is -0.496 e. The van der Waals surface area contributed by atoms with Crippen LogP contribution in [0.5, 0.6) is 5.75 Å². The van der Waals surface area contributed by atoms with E-state index in [2.05, 4.69) is 20.9 Å². The number of halogens is 1. The topological polar surface area (TPSA) is 44.1 Å². The van der Waals surface area contributed by atoms with Crippen LogP contribution in [0.15, 0.2) is 56.9 Å². The molecule has 0 saturated carbocycles. The molecule has 0 unspecified atom stereocenters. The third kappa shape index (κ3) is 3.35. The summed E-state index contributed by atoms with van der Waals surface area (Å²) in [7, 11) is 1.66. The largest absolute Gasteiger partial charge is 0.496 e. The molecule has 3 rings (SSSR count). The number of benzene rings is 2. The Labute approximate surface area is 153 Å². The van der Waals surface area contributed by atoms with Gasteiger partial charge in [-0.25, -0.2) is 4.98 Å². The molecular formula is C18H17BrN2O2S. The van der Waals surface area contributed by atoms with Gasteiger partial charge in [0.05, 0.1) is 18.0 Å². The zero-order valence-electron chi connectivity index (χ0n) is 13.5. The van der Waals surface area contributed by atoms with Crippen LogP contribution < -0.4 is 10.3 Å². The van der Waals surface area contributed by atoms with Gasteiger partial charge in [-0.1, -0.05) is 39.8 Å². The number of rotatable bonds is 5. The smallest absolute Gasteiger partial charge is 0.262 e. The Morgan fingerprint density at radius 1 is 1.25 bits per heavy atom. The minimum atomic E-state index is 0.00630. The molecule has 24 heavy (non-hydrogen) atoms. The summed E-state index contributed by atoms with van der Waals surface area (Å²) in [5.74, 6) is 1.50. The second-order valence-corrected chi connectivity index (χ2v) is 7.06. The van der Waals surface area contributed by atoms with E-state index in [4.69, 9.17) is 4.74 Å². The van der Waals surface area contributed by atoms with Gasteiger partial charge in [0.2, 0.25) is 0 Å². The summed E-state index contributed by atoms with van der Waals surface area (Å²) in [6.45, 7) is 2.55. The van der Waals surface area contributed by atoms with Crippen molar-refractivity contribution in [3.8, 4) is 5.75 Å². The Morgan fingerprint density at radius 3 is 2.79 bits per heavy atom. The molecular weight excluding hydrogens is 388 g/mol. The highest BCUT2D eigenvalue weighted by molar-refractivity contribution is 9.10. The lowest BCUT2D eigenvalue weighted by Crippen LogP contribution is -2.22. The molecule has 124 valence electrons. The van der Waals surface area contributed by atoms with Crippen molar-refractivity contribution in [2.45, 2.75) is 24.4 Å². The number of para-hydroxylation sites is 1. The Bertz CT molecular complexity index is 940. The van der Waals surface area contributed by atoms with E-state index in [1.54, 1.807) is 23.4 Å². The molecule has 0 radical (unpaired) electrons. The van der Waals surface area contributed by atoms with Crippen molar-refractivity contribution in [1.29, 1.82) is 0 Å². The molecule has 0 N–H and O–H groups in total. The van der Waals surface area contributed by atoms with E-state index in [-0.39, 0.29) is 5.56 Å². The number of ether oxygens (including phenoxy) is 1. The number of methoxy groups -OCH3 is 1. The summed E-state index contributed by atoms with van der Waals surface area (Å²) in [6, 6.07) is 13.4. The molecule has 0 amide bonds. The summed E-state index contributed by atoms with van der Waals surface area (Å²) < 4.78 is 8.13. The van der Waals surface area contributed by atoms with Crippen molar-refractivity contribution < 1.29 is 4.74 Å². The first-order valence-corrected chi connectivity index (χ1v) is 9.36. The molecule has 3 aromatic rings. The number of thioether (sulfide) groups is 1. The summed E-state index contributed by atoms with van der Waals surface area (Å²) in [6.07, 6.45) is 0. The van der Waals surface area contributed by atoms with Crippen LogP contribution in [0.4, 0.5) is 0 Å². The fourth-order valence-corrected chi connectivity index (χ4v) is 3.99. The molecule has 0 bridgehead atoms. The second-order valence-electron chi connectivity index (χ2n) is 5.21. The SMILES string of the molecule is CCn1c(SCc2cc(Br)ccc2OC)nc2ccccc2c1=O. The molecule has 0 saturated heterocycles. The van der Waals surface area contributed by atoms with Crippen molar-refractivity contribution in [3.05, 3.63) is 62.9 Å². The standard InChI is InChI=1S/C18H17BrN2O2S/c1-3-21-17(22)14-6-4-5-7-15(14)20-18(21)24-11-12-10-13(19)8-9-16(12)23-2/h4-10H,3,11H2,1-2H3. The third-order valence-corrected chi connectivity index (χ3v) is 5.26. The fourth-order valence-electron chi connectivity index (χ4n) is 2.54. The van der Waals surface area contributed by atoms with Crippen LogP contribution in [-0.4, -0.2) is 16.7 Å². The van der Waals surface area contributed by atoms with Gasteiger partial charge in [0.1, 0.15) is 5.75 Å². The first-order chi connectivity index (χ1) is 11.6. The van der Waals surface area contributed by atoms with Gasteiger partial charge in [-0.2, -0.15) is 0 Å². The Kier molecular flexibility index (Phi) is 5.26. The first-order valence-electron chi connectivity index (χ1n) is 7.58. The number of fused-ring (bicyclic) bond motifs is 1. The third-order valence-electron chi connectivity index (χ3n) is 3.74. The highest BCUT2D eigenvalue weighted by atomic mass is 79.9. The van der Waals surface area contributed by atoms with E-state index in [0.717, 1.165) is 26.5 Å². The van der Waals surface area contributed by atoms with Gasteiger partial charge in [0, 0.05) is 22.3 Å². The van der Waals surface area contributed by atoms with Crippen molar-refractivity contribution in [3.63, 3.8) is 0 Å². The highest BCUT2D eigenvalue weighted by Crippen LogP contribution is 2.29. The lowest BCUT2D eigenvalue weighted by atomic mass is 10.2. The summed E-state index contributed by atoms with van der Waals surface area (Å²) >= 11 is 5.03. The molecule has 0 aliphatic carbocycles. The number of hydrogen-bond acceptors (Lipinski definition) is 4. The molecule has 0 atom stereocenters. The van der Waals surface area contributed by atoms with Gasteiger partial charge in [0.25, 0.3) is 5.56 Å². The van der Waals surface area contributed by atoms with Gasteiger partial charge in [-0.15, -0.1) is 0 Å². The predicted molar refractivity (Wildman–Crippen MR) is 102 cm³/mol. The zero-order valence-corrected chi connectivity index (χ0v) is 15.9. The van der Waals surface area contributed by atoms with Gasteiger partial charge >= 0.3 is 0 Å². The van der Waals surface area contributed by atoms with E-state index in [0.29, 0.717) is 17.7 Å². The normalized spacial score (nSPS) is 11.0. The van der Waals surface area contributed by atoms with E-state index in [1.165, 1.54) is 0 Å². The van der Waals surface area contributed by atoms with Gasteiger partial charge < -0.3 is 4.74 Å². The molecule has 0 fully saturated rings. The van der Waals surface area contributed by atoms with Crippen LogP contribution in [0.25, 0.3) is 10.9 Å². The lowest BCUT2D eigenvalue weighted by molar-refractivity contribution is 0.411. The Hall–Kier alpha value is -1.79. The highest BCUT2D eigenvalue weighted by Gasteiger charge is 2.12. The van der Waals surface area contributed by atoms with E-state index < -0.39 is 0 Å². The molecule has 4 nitrogen and oxygen atoms in total. The molecule has 1 aromatic heterocycles. The average molecular weight is 405 g/mol. The van der Waals surface area contributed by atoms with E-state index >= 15 is 0 Å². The van der Waals surface area contributed by atoms with Crippen LogP contribution in [0.1, 0.15) is 12.5 Å². The van der Waals surface area contributed by atoms with Crippen molar-refractivity contribution in [1.82, 2.24) is 9.55 Å². The number of aromatic nitrogens is 2. The summed E-state index contributed by atoms with van der Waals surface area (Å²) in [5, 5.41) is 1.38. The van der Waals surface area contributed by atoms with Crippen LogP contribution in [0.2, 0.25) is 0 Å². The molecule has 0 aliphatic rings. The van der Waals surface area contributed by atoms with Gasteiger partial charge in [-0.3, -0.25) is 9.36 Å². The van der Waals surface area contributed by atoms with Crippen LogP contribution >= 0.6 is 27.7 Å². The maximum atomic E-state index is 12.6. The minimum absolute atomic E-state index is 0.00630. The Balaban J connectivity index is 1.99. The molecule has 6 heteroatoms. The maximum Gasteiger partial charge on any atom is 0.262 e. The van der Waals surface area contributed by atoms with E-state index in [1.807, 2.05) is 49.4 Å². The summed E-state index contributed by atoms with van der Waals surface area (Å²) in [5.41, 5.74) is 1.80. The lowest BCUT2D eigenvalue weighted by Gasteiger charge is -2.12. The fraction of sp³-hybridized carbons (Fsp3) is 0.222. The van der Waals surface area contributed by atoms with Crippen LogP contribution in [0.3, 0.4) is 0 Å². The van der Waals surface area contributed by atoms with Gasteiger partial charge in [0.15, 0.2) is 5.16 Å². The number of hydrogen-bond donors (Lipinski definition) is 0. The second kappa shape index (κ2) is 7.40. The summed E-state index contributed by atoms with van der Waals surface area (Å²) in [4.78, 5) is 17.3. The first kappa shape index (κ1) is 17.0. The van der Waals surface area contributed by atoms with Gasteiger partial charge in [-0.05, 0) is 37.3 Å². The van der Waals surface area contributed by atoms with Crippen molar-refractivity contribution in [2.24, 2.45) is 0 Å². The average Bonchev–Trinajstić information content (AvgIpc) is 2.60. The molecule has 0 spiro atoms. The van der Waals surface area contributed by atoms with Crippen LogP contribution in [0, 0.1) is 0 Å². The predicted octanol–water partition coefficient (Wildman–Crippen LogP) is 4.48. The zero-order chi connectivity index (χ0) is 17.1. The maximum absolute atomic E-state index is 12.6. The monoisotopic (exact) mass is 404 g/mol. The number of nitrogens with zero attached hydrogens (tertiary/aromatic N) is 2.